The Morgan fingerprint density at radius 1 is 1.32 bits per heavy atom. The van der Waals surface area contributed by atoms with E-state index in [9.17, 15) is 4.79 Å². The van der Waals surface area contributed by atoms with Crippen molar-refractivity contribution < 1.29 is 9.21 Å². The van der Waals surface area contributed by atoms with Gasteiger partial charge in [0, 0.05) is 16.1 Å². The van der Waals surface area contributed by atoms with E-state index in [1.54, 1.807) is 23.5 Å². The molecule has 2 aromatic heterocycles. The monoisotopic (exact) mass is 314 g/mol. The summed E-state index contributed by atoms with van der Waals surface area (Å²) in [7, 11) is 0. The Bertz CT molecular complexity index is 741. The average molecular weight is 314 g/mol. The largest absolute Gasteiger partial charge is 0.423 e. The normalized spacial score (nSPS) is 11.9. The Labute approximate surface area is 131 Å². The minimum atomic E-state index is -0.261. The van der Waals surface area contributed by atoms with Crippen LogP contribution in [0.15, 0.2) is 52.6 Å². The summed E-state index contributed by atoms with van der Waals surface area (Å²) in [5.41, 5.74) is 1.41. The third kappa shape index (κ3) is 3.32. The summed E-state index contributed by atoms with van der Waals surface area (Å²) in [5, 5.41) is 15.2. The number of thiophene rings is 1. The lowest BCUT2D eigenvalue weighted by molar-refractivity contribution is 0.249. The molecule has 3 aromatic rings. The zero-order valence-corrected chi connectivity index (χ0v) is 12.6. The molecule has 2 heterocycles. The third-order valence-corrected chi connectivity index (χ3v) is 4.10. The van der Waals surface area contributed by atoms with E-state index in [1.807, 2.05) is 36.6 Å². The minimum absolute atomic E-state index is 0.0425. The number of hydrogen-bond donors (Lipinski definition) is 2. The molecule has 1 atom stereocenters. The Morgan fingerprint density at radius 3 is 2.95 bits per heavy atom. The van der Waals surface area contributed by atoms with Crippen LogP contribution in [-0.2, 0) is 0 Å². The van der Waals surface area contributed by atoms with Crippen LogP contribution >= 0.6 is 11.3 Å². The van der Waals surface area contributed by atoms with Crippen LogP contribution < -0.4 is 10.6 Å². The number of carbonyl (C=O) groups is 1. The van der Waals surface area contributed by atoms with Gasteiger partial charge in [-0.1, -0.05) is 12.1 Å². The molecule has 2 N–H and O–H groups in total. The van der Waals surface area contributed by atoms with Gasteiger partial charge in [0.25, 0.3) is 0 Å². The molecule has 0 unspecified atom stereocenters. The van der Waals surface area contributed by atoms with Crippen molar-refractivity contribution in [3.8, 4) is 11.5 Å². The molecular weight excluding hydrogens is 300 g/mol. The summed E-state index contributed by atoms with van der Waals surface area (Å²) in [6.07, 6.45) is 1.27. The van der Waals surface area contributed by atoms with E-state index in [4.69, 9.17) is 4.42 Å². The average Bonchev–Trinajstić information content (AvgIpc) is 3.21. The summed E-state index contributed by atoms with van der Waals surface area (Å²) in [6.45, 7) is 1.94. The number of rotatable bonds is 4. The Morgan fingerprint density at radius 2 is 2.23 bits per heavy atom. The van der Waals surface area contributed by atoms with E-state index in [1.165, 1.54) is 6.39 Å². The van der Waals surface area contributed by atoms with E-state index in [0.717, 1.165) is 10.4 Å². The molecule has 0 aliphatic rings. The summed E-state index contributed by atoms with van der Waals surface area (Å²) in [5.74, 6) is 0.413. The number of nitrogens with one attached hydrogen (secondary N) is 2. The molecule has 0 aliphatic heterocycles. The molecule has 3 rings (SSSR count). The third-order valence-electron chi connectivity index (χ3n) is 3.04. The van der Waals surface area contributed by atoms with Gasteiger partial charge in [-0.05, 0) is 36.6 Å². The molecular formula is C15H14N4O2S. The highest BCUT2D eigenvalue weighted by atomic mass is 32.1. The lowest BCUT2D eigenvalue weighted by atomic mass is 10.2. The molecule has 6 nitrogen and oxygen atoms in total. The van der Waals surface area contributed by atoms with Crippen molar-refractivity contribution in [1.29, 1.82) is 0 Å². The molecule has 22 heavy (non-hydrogen) atoms. The lowest BCUT2D eigenvalue weighted by Gasteiger charge is -2.13. The van der Waals surface area contributed by atoms with Gasteiger partial charge in [0.1, 0.15) is 0 Å². The second kappa shape index (κ2) is 6.40. The fourth-order valence-electron chi connectivity index (χ4n) is 2.00. The summed E-state index contributed by atoms with van der Waals surface area (Å²) < 4.78 is 5.14. The van der Waals surface area contributed by atoms with Crippen molar-refractivity contribution >= 4 is 23.1 Å². The van der Waals surface area contributed by atoms with Gasteiger partial charge in [-0.3, -0.25) is 0 Å². The number of urea groups is 1. The maximum Gasteiger partial charge on any atom is 0.319 e. The molecule has 0 saturated heterocycles. The number of hydrogen-bond acceptors (Lipinski definition) is 5. The van der Waals surface area contributed by atoms with Gasteiger partial charge >= 0.3 is 6.03 Å². The highest BCUT2D eigenvalue weighted by molar-refractivity contribution is 7.10. The second-order valence-corrected chi connectivity index (χ2v) is 5.64. The van der Waals surface area contributed by atoms with Gasteiger partial charge in [0.2, 0.25) is 12.3 Å². The maximum atomic E-state index is 12.0. The van der Waals surface area contributed by atoms with Gasteiger partial charge in [0.05, 0.1) is 6.04 Å². The van der Waals surface area contributed by atoms with Crippen molar-refractivity contribution in [2.75, 3.05) is 5.32 Å². The second-order valence-electron chi connectivity index (χ2n) is 4.66. The fourth-order valence-corrected chi connectivity index (χ4v) is 2.74. The van der Waals surface area contributed by atoms with Crippen molar-refractivity contribution in [3.05, 3.63) is 53.0 Å². The Kier molecular flexibility index (Phi) is 4.15. The number of anilines is 1. The first-order valence-corrected chi connectivity index (χ1v) is 7.58. The highest BCUT2D eigenvalue weighted by Crippen LogP contribution is 2.21. The fraction of sp³-hybridized carbons (Fsp3) is 0.133. The van der Waals surface area contributed by atoms with E-state index >= 15 is 0 Å². The van der Waals surface area contributed by atoms with Gasteiger partial charge in [-0.15, -0.1) is 21.5 Å². The highest BCUT2D eigenvalue weighted by Gasteiger charge is 2.11. The molecule has 1 aromatic carbocycles. The molecule has 0 saturated carbocycles. The van der Waals surface area contributed by atoms with E-state index < -0.39 is 0 Å². The molecule has 7 heteroatoms. The predicted molar refractivity (Wildman–Crippen MR) is 84.6 cm³/mol. The van der Waals surface area contributed by atoms with Crippen LogP contribution in [0, 0.1) is 0 Å². The quantitative estimate of drug-likeness (QED) is 0.770. The number of carbonyl (C=O) groups excluding carboxylic acids is 1. The lowest BCUT2D eigenvalue weighted by Crippen LogP contribution is -2.30. The summed E-state index contributed by atoms with van der Waals surface area (Å²) in [6, 6.07) is 10.9. The molecule has 2 amide bonds. The van der Waals surface area contributed by atoms with Crippen LogP contribution in [-0.4, -0.2) is 16.2 Å². The van der Waals surface area contributed by atoms with E-state index in [-0.39, 0.29) is 12.1 Å². The van der Waals surface area contributed by atoms with Crippen molar-refractivity contribution in [3.63, 3.8) is 0 Å². The summed E-state index contributed by atoms with van der Waals surface area (Å²) in [4.78, 5) is 13.2. The van der Waals surface area contributed by atoms with Crippen LogP contribution in [0.5, 0.6) is 0 Å². The smallest absolute Gasteiger partial charge is 0.319 e. The first-order valence-electron chi connectivity index (χ1n) is 6.70. The van der Waals surface area contributed by atoms with Crippen LogP contribution in [0.4, 0.5) is 10.5 Å². The number of benzene rings is 1. The topological polar surface area (TPSA) is 80.0 Å². The SMILES string of the molecule is C[C@@H](NC(=O)Nc1cccc(-c2nnco2)c1)c1cccs1. The van der Waals surface area contributed by atoms with E-state index in [2.05, 4.69) is 20.8 Å². The summed E-state index contributed by atoms with van der Waals surface area (Å²) >= 11 is 1.61. The maximum absolute atomic E-state index is 12.0. The van der Waals surface area contributed by atoms with Crippen LogP contribution in [0.1, 0.15) is 17.8 Å². The predicted octanol–water partition coefficient (Wildman–Crippen LogP) is 3.68. The van der Waals surface area contributed by atoms with Crippen molar-refractivity contribution in [1.82, 2.24) is 15.5 Å². The van der Waals surface area contributed by atoms with Gasteiger partial charge in [-0.2, -0.15) is 0 Å². The number of nitrogens with zero attached hydrogens (tertiary/aromatic N) is 2. The van der Waals surface area contributed by atoms with Gasteiger partial charge < -0.3 is 15.1 Å². The van der Waals surface area contributed by atoms with Crippen LogP contribution in [0.25, 0.3) is 11.5 Å². The first-order chi connectivity index (χ1) is 10.7. The van der Waals surface area contributed by atoms with Gasteiger partial charge in [-0.25, -0.2) is 4.79 Å². The molecule has 112 valence electrons. The molecule has 0 aliphatic carbocycles. The molecule has 0 fully saturated rings. The van der Waals surface area contributed by atoms with E-state index in [0.29, 0.717) is 11.6 Å². The molecule has 0 bridgehead atoms. The standard InChI is InChI=1S/C15H14N4O2S/c1-10(13-6-3-7-22-13)17-15(20)18-12-5-2-4-11(8-12)14-19-16-9-21-14/h2-10H,1H3,(H2,17,18,20)/t10-/m1/s1. The van der Waals surface area contributed by atoms with Crippen molar-refractivity contribution in [2.24, 2.45) is 0 Å². The van der Waals surface area contributed by atoms with Crippen LogP contribution in [0.2, 0.25) is 0 Å². The zero-order valence-electron chi connectivity index (χ0n) is 11.8. The van der Waals surface area contributed by atoms with Crippen molar-refractivity contribution in [2.45, 2.75) is 13.0 Å². The zero-order chi connectivity index (χ0) is 15.4. The van der Waals surface area contributed by atoms with Gasteiger partial charge in [0.15, 0.2) is 0 Å². The minimum Gasteiger partial charge on any atom is -0.423 e. The van der Waals surface area contributed by atoms with Crippen LogP contribution in [0.3, 0.4) is 0 Å². The number of aromatic nitrogens is 2. The Balaban J connectivity index is 1.65. The number of amides is 2. The first kappa shape index (κ1) is 14.3. The Hall–Kier alpha value is -2.67. The molecule has 0 spiro atoms. The molecule has 0 radical (unpaired) electrons.